The average Bonchev–Trinajstić information content (AvgIpc) is 2.84. The van der Waals surface area contributed by atoms with Crippen molar-refractivity contribution >= 4 is 50.9 Å². The third-order valence-corrected chi connectivity index (χ3v) is 5.64. The minimum Gasteiger partial charge on any atom is -0.399 e. The van der Waals surface area contributed by atoms with Gasteiger partial charge < -0.3 is 9.31 Å². The number of nitrogens with zero attached hydrogens (tertiary/aromatic N) is 2. The number of benzene rings is 1. The molecule has 2 heterocycles. The van der Waals surface area contributed by atoms with E-state index in [1.807, 2.05) is 33.8 Å². The first-order valence-corrected chi connectivity index (χ1v) is 10.1. The maximum Gasteiger partial charge on any atom is 0.497 e. The molecule has 0 saturated carbocycles. The molecule has 1 fully saturated rings. The Morgan fingerprint density at radius 2 is 1.76 bits per heavy atom. The highest BCUT2D eigenvalue weighted by Crippen LogP contribution is 2.38. The molecule has 25 heavy (non-hydrogen) atoms. The van der Waals surface area contributed by atoms with Crippen LogP contribution in [-0.2, 0) is 26.4 Å². The second-order valence-corrected chi connectivity index (χ2v) is 9.45. The Bertz CT molecular complexity index is 939. The van der Waals surface area contributed by atoms with Gasteiger partial charge in [-0.2, -0.15) is 5.10 Å². The van der Waals surface area contributed by atoms with E-state index < -0.39 is 28.3 Å². The maximum atomic E-state index is 11.6. The minimum atomic E-state index is -3.49. The number of aromatic nitrogens is 2. The van der Waals surface area contributed by atoms with Crippen LogP contribution in [-0.4, -0.2) is 42.8 Å². The van der Waals surface area contributed by atoms with E-state index in [4.69, 9.17) is 20.9 Å². The standard InChI is InChI=1S/C15H21BClN3O4S/c1-14(2)15(3,4)24-16(23-14)9-7-8-10(17)11-12(9)20(5)18-13(11)19-25(6,21)22/h7-8H,1-6H3,(H,18,19). The summed E-state index contributed by atoms with van der Waals surface area (Å²) in [5.41, 5.74) is 0.429. The quantitative estimate of drug-likeness (QED) is 0.816. The predicted octanol–water partition coefficient (Wildman–Crippen LogP) is 1.90. The first-order chi connectivity index (χ1) is 11.3. The van der Waals surface area contributed by atoms with Crippen LogP contribution in [0.3, 0.4) is 0 Å². The number of halogens is 1. The summed E-state index contributed by atoms with van der Waals surface area (Å²) in [6.45, 7) is 7.89. The van der Waals surface area contributed by atoms with Crippen LogP contribution in [0.15, 0.2) is 12.1 Å². The van der Waals surface area contributed by atoms with Gasteiger partial charge in [-0.1, -0.05) is 17.7 Å². The topological polar surface area (TPSA) is 82.5 Å². The molecule has 7 nitrogen and oxygen atoms in total. The summed E-state index contributed by atoms with van der Waals surface area (Å²) >= 11 is 6.33. The minimum absolute atomic E-state index is 0.184. The largest absolute Gasteiger partial charge is 0.497 e. The number of fused-ring (bicyclic) bond motifs is 1. The van der Waals surface area contributed by atoms with Crippen LogP contribution >= 0.6 is 11.6 Å². The molecule has 1 aliphatic heterocycles. The summed E-state index contributed by atoms with van der Waals surface area (Å²) in [5.74, 6) is 0.184. The molecular formula is C15H21BClN3O4S. The lowest BCUT2D eigenvalue weighted by molar-refractivity contribution is 0.00578. The molecule has 1 aromatic carbocycles. The third-order valence-electron chi connectivity index (χ3n) is 4.76. The van der Waals surface area contributed by atoms with Crippen molar-refractivity contribution in [1.82, 2.24) is 9.78 Å². The molecule has 0 atom stereocenters. The van der Waals surface area contributed by atoms with Crippen LogP contribution in [0.25, 0.3) is 10.9 Å². The van der Waals surface area contributed by atoms with Gasteiger partial charge in [-0.25, -0.2) is 8.42 Å². The molecule has 3 rings (SSSR count). The molecule has 0 bridgehead atoms. The van der Waals surface area contributed by atoms with E-state index in [0.717, 1.165) is 11.7 Å². The van der Waals surface area contributed by atoms with Gasteiger partial charge in [0.25, 0.3) is 0 Å². The van der Waals surface area contributed by atoms with Gasteiger partial charge in [-0.05, 0) is 33.8 Å². The van der Waals surface area contributed by atoms with Crippen LogP contribution < -0.4 is 10.2 Å². The lowest BCUT2D eigenvalue weighted by atomic mass is 9.78. The Balaban J connectivity index is 2.18. The van der Waals surface area contributed by atoms with E-state index >= 15 is 0 Å². The van der Waals surface area contributed by atoms with Crippen molar-refractivity contribution in [1.29, 1.82) is 0 Å². The molecule has 0 radical (unpaired) electrons. The van der Waals surface area contributed by atoms with Crippen molar-refractivity contribution in [2.24, 2.45) is 7.05 Å². The van der Waals surface area contributed by atoms with E-state index in [9.17, 15) is 8.42 Å². The number of anilines is 1. The fourth-order valence-corrected chi connectivity index (χ4v) is 3.55. The van der Waals surface area contributed by atoms with Crippen LogP contribution in [0.4, 0.5) is 5.82 Å². The SMILES string of the molecule is Cn1nc(NS(C)(=O)=O)c2c(Cl)ccc(B3OC(C)(C)C(C)(C)O3)c21. The zero-order valence-corrected chi connectivity index (χ0v) is 16.6. The lowest BCUT2D eigenvalue weighted by Gasteiger charge is -2.32. The smallest absolute Gasteiger partial charge is 0.399 e. The van der Waals surface area contributed by atoms with Gasteiger partial charge >= 0.3 is 7.12 Å². The highest BCUT2D eigenvalue weighted by molar-refractivity contribution is 7.92. The van der Waals surface area contributed by atoms with Crippen LogP contribution in [0.2, 0.25) is 5.02 Å². The van der Waals surface area contributed by atoms with Crippen LogP contribution in [0.1, 0.15) is 27.7 Å². The van der Waals surface area contributed by atoms with Gasteiger partial charge in [-0.15, -0.1) is 0 Å². The first kappa shape index (κ1) is 18.5. The number of aryl methyl sites for hydroxylation is 1. The molecule has 136 valence electrons. The van der Waals surface area contributed by atoms with Crippen molar-refractivity contribution < 1.29 is 17.7 Å². The Kier molecular flexibility index (Phi) is 4.15. The molecule has 1 saturated heterocycles. The highest BCUT2D eigenvalue weighted by Gasteiger charge is 2.52. The number of hydrogen-bond acceptors (Lipinski definition) is 5. The van der Waals surface area contributed by atoms with Crippen LogP contribution in [0, 0.1) is 0 Å². The molecule has 1 aliphatic rings. The van der Waals surface area contributed by atoms with E-state index in [0.29, 0.717) is 15.9 Å². The fourth-order valence-electron chi connectivity index (χ4n) is 2.81. The monoisotopic (exact) mass is 385 g/mol. The van der Waals surface area contributed by atoms with Crippen molar-refractivity contribution in [2.75, 3.05) is 11.0 Å². The summed E-state index contributed by atoms with van der Waals surface area (Å²) in [7, 11) is -2.37. The van der Waals surface area contributed by atoms with Gasteiger partial charge in [0.1, 0.15) is 0 Å². The number of hydrogen-bond donors (Lipinski definition) is 1. The van der Waals surface area contributed by atoms with E-state index in [1.54, 1.807) is 17.8 Å². The van der Waals surface area contributed by atoms with Crippen molar-refractivity contribution in [2.45, 2.75) is 38.9 Å². The Hall–Kier alpha value is -1.29. The van der Waals surface area contributed by atoms with Gasteiger partial charge in [0.15, 0.2) is 5.82 Å². The van der Waals surface area contributed by atoms with E-state index in [1.165, 1.54) is 0 Å². The van der Waals surface area contributed by atoms with E-state index in [2.05, 4.69) is 9.82 Å². The second kappa shape index (κ2) is 5.60. The Morgan fingerprint density at radius 3 is 2.28 bits per heavy atom. The average molecular weight is 386 g/mol. The molecule has 2 aromatic rings. The molecular weight excluding hydrogens is 365 g/mol. The highest BCUT2D eigenvalue weighted by atomic mass is 35.5. The molecule has 0 spiro atoms. The normalized spacial score (nSPS) is 19.6. The van der Waals surface area contributed by atoms with Crippen LogP contribution in [0.5, 0.6) is 0 Å². The molecule has 0 amide bonds. The lowest BCUT2D eigenvalue weighted by Crippen LogP contribution is -2.41. The van der Waals surface area contributed by atoms with Crippen molar-refractivity contribution in [3.8, 4) is 0 Å². The summed E-state index contributed by atoms with van der Waals surface area (Å²) in [6.07, 6.45) is 1.07. The number of sulfonamides is 1. The Labute approximate surface area is 152 Å². The zero-order valence-electron chi connectivity index (χ0n) is 15.0. The second-order valence-electron chi connectivity index (χ2n) is 7.29. The molecule has 0 aliphatic carbocycles. The molecule has 1 N–H and O–H groups in total. The Morgan fingerprint density at radius 1 is 1.20 bits per heavy atom. The predicted molar refractivity (Wildman–Crippen MR) is 99.9 cm³/mol. The fraction of sp³-hybridized carbons (Fsp3) is 0.533. The maximum absolute atomic E-state index is 11.6. The summed E-state index contributed by atoms with van der Waals surface area (Å²) in [6, 6.07) is 3.51. The van der Waals surface area contributed by atoms with Crippen molar-refractivity contribution in [3.05, 3.63) is 17.2 Å². The summed E-state index contributed by atoms with van der Waals surface area (Å²) < 4.78 is 39.5. The zero-order chi connectivity index (χ0) is 18.8. The van der Waals surface area contributed by atoms with Crippen molar-refractivity contribution in [3.63, 3.8) is 0 Å². The third kappa shape index (κ3) is 3.14. The van der Waals surface area contributed by atoms with Gasteiger partial charge in [0.2, 0.25) is 10.0 Å². The van der Waals surface area contributed by atoms with Gasteiger partial charge in [0, 0.05) is 12.5 Å². The molecule has 0 unspecified atom stereocenters. The van der Waals surface area contributed by atoms with E-state index in [-0.39, 0.29) is 5.82 Å². The number of rotatable bonds is 3. The number of nitrogens with one attached hydrogen (secondary N) is 1. The van der Waals surface area contributed by atoms with Gasteiger partial charge in [-0.3, -0.25) is 9.40 Å². The first-order valence-electron chi connectivity index (χ1n) is 7.81. The van der Waals surface area contributed by atoms with Gasteiger partial charge in [0.05, 0.1) is 33.4 Å². The summed E-state index contributed by atoms with van der Waals surface area (Å²) in [5, 5.41) is 5.18. The molecule has 1 aromatic heterocycles. The molecule has 10 heteroatoms. The summed E-state index contributed by atoms with van der Waals surface area (Å²) in [4.78, 5) is 0.